The summed E-state index contributed by atoms with van der Waals surface area (Å²) >= 11 is 0. The van der Waals surface area contributed by atoms with Crippen molar-refractivity contribution in [2.75, 3.05) is 18.0 Å². The molecule has 0 fully saturated rings. The first-order chi connectivity index (χ1) is 7.19. The minimum absolute atomic E-state index is 0.0533. The van der Waals surface area contributed by atoms with E-state index < -0.39 is 0 Å². The van der Waals surface area contributed by atoms with Crippen molar-refractivity contribution in [2.45, 2.75) is 27.4 Å². The molecule has 1 N–H and O–H groups in total. The van der Waals surface area contributed by atoms with Gasteiger partial charge in [0.1, 0.15) is 5.82 Å². The van der Waals surface area contributed by atoms with Crippen LogP contribution in [0.5, 0.6) is 0 Å². The minimum Gasteiger partial charge on any atom is -0.392 e. The van der Waals surface area contributed by atoms with Gasteiger partial charge in [-0.3, -0.25) is 0 Å². The molecule has 3 heteroatoms. The van der Waals surface area contributed by atoms with E-state index in [1.807, 2.05) is 12.1 Å². The Labute approximate surface area is 91.8 Å². The summed E-state index contributed by atoms with van der Waals surface area (Å²) in [6.45, 7) is 8.42. The quantitative estimate of drug-likeness (QED) is 0.804. The maximum atomic E-state index is 9.23. The highest BCUT2D eigenvalue weighted by Crippen LogP contribution is 2.17. The molecule has 0 radical (unpaired) electrons. The van der Waals surface area contributed by atoms with Crippen molar-refractivity contribution < 1.29 is 5.11 Å². The topological polar surface area (TPSA) is 36.4 Å². The van der Waals surface area contributed by atoms with Gasteiger partial charge in [-0.1, -0.05) is 19.9 Å². The van der Waals surface area contributed by atoms with Crippen LogP contribution in [0.1, 0.15) is 26.3 Å². The van der Waals surface area contributed by atoms with Gasteiger partial charge in [0.25, 0.3) is 0 Å². The SMILES string of the molecule is CCN(CC(C)C)c1ncccc1CO. The van der Waals surface area contributed by atoms with E-state index in [0.29, 0.717) is 5.92 Å². The van der Waals surface area contributed by atoms with E-state index in [2.05, 4.69) is 30.7 Å². The Balaban J connectivity index is 2.90. The third kappa shape index (κ3) is 3.20. The molecule has 0 amide bonds. The second-order valence-corrected chi connectivity index (χ2v) is 4.08. The maximum absolute atomic E-state index is 9.23. The Morgan fingerprint density at radius 3 is 2.73 bits per heavy atom. The van der Waals surface area contributed by atoms with Crippen molar-refractivity contribution in [1.29, 1.82) is 0 Å². The molecule has 0 aliphatic rings. The van der Waals surface area contributed by atoms with Crippen LogP contribution in [0, 0.1) is 5.92 Å². The largest absolute Gasteiger partial charge is 0.392 e. The molecule has 3 nitrogen and oxygen atoms in total. The predicted molar refractivity (Wildman–Crippen MR) is 62.9 cm³/mol. The number of anilines is 1. The summed E-state index contributed by atoms with van der Waals surface area (Å²) in [5.74, 6) is 1.51. The van der Waals surface area contributed by atoms with Gasteiger partial charge >= 0.3 is 0 Å². The lowest BCUT2D eigenvalue weighted by Gasteiger charge is -2.25. The van der Waals surface area contributed by atoms with E-state index >= 15 is 0 Å². The van der Waals surface area contributed by atoms with E-state index in [9.17, 15) is 5.11 Å². The fraction of sp³-hybridized carbons (Fsp3) is 0.583. The maximum Gasteiger partial charge on any atom is 0.134 e. The summed E-state index contributed by atoms with van der Waals surface area (Å²) in [6.07, 6.45) is 1.78. The van der Waals surface area contributed by atoms with Gasteiger partial charge in [0.05, 0.1) is 6.61 Å². The molecule has 84 valence electrons. The zero-order chi connectivity index (χ0) is 11.3. The Bertz CT molecular complexity index is 299. The van der Waals surface area contributed by atoms with Crippen molar-refractivity contribution in [3.05, 3.63) is 23.9 Å². The van der Waals surface area contributed by atoms with Gasteiger partial charge in [-0.25, -0.2) is 4.98 Å². The van der Waals surface area contributed by atoms with Gasteiger partial charge in [-0.15, -0.1) is 0 Å². The van der Waals surface area contributed by atoms with Crippen molar-refractivity contribution in [3.8, 4) is 0 Å². The molecule has 1 aromatic heterocycles. The van der Waals surface area contributed by atoms with Crippen LogP contribution in [0.15, 0.2) is 18.3 Å². The number of hydrogen-bond acceptors (Lipinski definition) is 3. The number of hydrogen-bond donors (Lipinski definition) is 1. The first-order valence-electron chi connectivity index (χ1n) is 5.48. The third-order valence-electron chi connectivity index (χ3n) is 2.30. The fourth-order valence-electron chi connectivity index (χ4n) is 1.64. The number of aromatic nitrogens is 1. The van der Waals surface area contributed by atoms with Crippen molar-refractivity contribution in [3.63, 3.8) is 0 Å². The van der Waals surface area contributed by atoms with E-state index in [1.54, 1.807) is 6.20 Å². The molecule has 0 aliphatic heterocycles. The zero-order valence-electron chi connectivity index (χ0n) is 9.77. The molecule has 0 aliphatic carbocycles. The number of pyridine rings is 1. The molecular weight excluding hydrogens is 188 g/mol. The molecule has 15 heavy (non-hydrogen) atoms. The molecule has 0 unspecified atom stereocenters. The Morgan fingerprint density at radius 1 is 1.47 bits per heavy atom. The van der Waals surface area contributed by atoms with Gasteiger partial charge in [-0.05, 0) is 18.9 Å². The van der Waals surface area contributed by atoms with Crippen molar-refractivity contribution in [2.24, 2.45) is 5.92 Å². The smallest absolute Gasteiger partial charge is 0.134 e. The Kier molecular flexibility index (Phi) is 4.56. The van der Waals surface area contributed by atoms with E-state index in [1.165, 1.54) is 0 Å². The first-order valence-corrected chi connectivity index (χ1v) is 5.48. The van der Waals surface area contributed by atoms with Crippen LogP contribution in [0.25, 0.3) is 0 Å². The summed E-state index contributed by atoms with van der Waals surface area (Å²) in [5, 5.41) is 9.23. The van der Waals surface area contributed by atoms with Crippen LogP contribution >= 0.6 is 0 Å². The number of aliphatic hydroxyl groups excluding tert-OH is 1. The lowest BCUT2D eigenvalue weighted by molar-refractivity contribution is 0.281. The van der Waals surface area contributed by atoms with E-state index in [0.717, 1.165) is 24.5 Å². The number of aliphatic hydroxyl groups is 1. The van der Waals surface area contributed by atoms with Gasteiger partial charge in [0.15, 0.2) is 0 Å². The normalized spacial score (nSPS) is 10.7. The number of nitrogens with zero attached hydrogens (tertiary/aromatic N) is 2. The summed E-state index contributed by atoms with van der Waals surface area (Å²) in [6, 6.07) is 3.78. The van der Waals surface area contributed by atoms with Crippen LogP contribution in [0.2, 0.25) is 0 Å². The van der Waals surface area contributed by atoms with Crippen molar-refractivity contribution in [1.82, 2.24) is 4.98 Å². The first kappa shape index (κ1) is 12.0. The minimum atomic E-state index is 0.0533. The zero-order valence-corrected chi connectivity index (χ0v) is 9.77. The van der Waals surface area contributed by atoms with E-state index in [4.69, 9.17) is 0 Å². The van der Waals surface area contributed by atoms with Gasteiger partial charge in [0, 0.05) is 24.8 Å². The van der Waals surface area contributed by atoms with Gasteiger partial charge in [0.2, 0.25) is 0 Å². The molecule has 0 saturated carbocycles. The summed E-state index contributed by atoms with van der Waals surface area (Å²) in [7, 11) is 0. The van der Waals surface area contributed by atoms with Crippen LogP contribution in [0.3, 0.4) is 0 Å². The summed E-state index contributed by atoms with van der Waals surface area (Å²) in [5.41, 5.74) is 0.903. The lowest BCUT2D eigenvalue weighted by Crippen LogP contribution is -2.29. The predicted octanol–water partition coefficient (Wildman–Crippen LogP) is 2.06. The average Bonchev–Trinajstić information content (AvgIpc) is 2.25. The Hall–Kier alpha value is -1.09. The molecule has 1 aromatic rings. The number of rotatable bonds is 5. The average molecular weight is 208 g/mol. The third-order valence-corrected chi connectivity index (χ3v) is 2.30. The van der Waals surface area contributed by atoms with Crippen LogP contribution in [0.4, 0.5) is 5.82 Å². The Morgan fingerprint density at radius 2 is 2.20 bits per heavy atom. The standard InChI is InChI=1S/C12H20N2O/c1-4-14(8-10(2)3)12-11(9-15)6-5-7-13-12/h5-7,10,15H,4,8-9H2,1-3H3. The second kappa shape index (κ2) is 5.71. The van der Waals surface area contributed by atoms with Crippen LogP contribution in [-0.2, 0) is 6.61 Å². The van der Waals surface area contributed by atoms with Crippen LogP contribution in [-0.4, -0.2) is 23.2 Å². The molecule has 1 rings (SSSR count). The van der Waals surface area contributed by atoms with Gasteiger partial charge in [-0.2, -0.15) is 0 Å². The fourth-order valence-corrected chi connectivity index (χ4v) is 1.64. The highest BCUT2D eigenvalue weighted by molar-refractivity contribution is 5.46. The molecular formula is C12H20N2O. The lowest BCUT2D eigenvalue weighted by atomic mass is 10.2. The molecule has 1 heterocycles. The monoisotopic (exact) mass is 208 g/mol. The highest BCUT2D eigenvalue weighted by atomic mass is 16.3. The molecule has 0 spiro atoms. The highest BCUT2D eigenvalue weighted by Gasteiger charge is 2.11. The van der Waals surface area contributed by atoms with Crippen molar-refractivity contribution >= 4 is 5.82 Å². The van der Waals surface area contributed by atoms with Crippen LogP contribution < -0.4 is 4.90 Å². The summed E-state index contributed by atoms with van der Waals surface area (Å²) in [4.78, 5) is 6.54. The molecule has 0 aromatic carbocycles. The molecule has 0 saturated heterocycles. The second-order valence-electron chi connectivity index (χ2n) is 4.08. The summed E-state index contributed by atoms with van der Waals surface area (Å²) < 4.78 is 0. The van der Waals surface area contributed by atoms with Gasteiger partial charge < -0.3 is 10.0 Å². The van der Waals surface area contributed by atoms with E-state index in [-0.39, 0.29) is 6.61 Å². The molecule has 0 bridgehead atoms. The molecule has 0 atom stereocenters.